The van der Waals surface area contributed by atoms with Gasteiger partial charge in [-0.05, 0) is 57.1 Å². The van der Waals surface area contributed by atoms with Crippen molar-refractivity contribution in [3.8, 4) is 0 Å². The lowest BCUT2D eigenvalue weighted by molar-refractivity contribution is 0.595. The van der Waals surface area contributed by atoms with Gasteiger partial charge in [0.2, 0.25) is 9.84 Å². The van der Waals surface area contributed by atoms with E-state index in [1.54, 1.807) is 30.3 Å². The van der Waals surface area contributed by atoms with Crippen LogP contribution in [0.25, 0.3) is 0 Å². The molecule has 1 fully saturated rings. The van der Waals surface area contributed by atoms with E-state index in [-0.39, 0.29) is 0 Å². The van der Waals surface area contributed by atoms with Crippen molar-refractivity contribution < 1.29 is 8.42 Å². The van der Waals surface area contributed by atoms with Crippen molar-refractivity contribution in [3.63, 3.8) is 0 Å². The molecule has 0 radical (unpaired) electrons. The van der Waals surface area contributed by atoms with Crippen LogP contribution in [-0.4, -0.2) is 47.7 Å². The van der Waals surface area contributed by atoms with Crippen molar-refractivity contribution in [2.24, 2.45) is 0 Å². The Balaban J connectivity index is 2.08. The third kappa shape index (κ3) is 4.28. The summed E-state index contributed by atoms with van der Waals surface area (Å²) in [6, 6.07) is 14.5. The molecule has 0 unspecified atom stereocenters. The maximum atomic E-state index is 13.3. The van der Waals surface area contributed by atoms with Gasteiger partial charge in [0.05, 0.1) is 15.5 Å². The first-order chi connectivity index (χ1) is 13.1. The van der Waals surface area contributed by atoms with Crippen LogP contribution in [0.4, 0.5) is 11.4 Å². The molecule has 146 valence electrons. The van der Waals surface area contributed by atoms with E-state index in [0.29, 0.717) is 9.79 Å². The van der Waals surface area contributed by atoms with E-state index < -0.39 is 9.84 Å². The summed E-state index contributed by atoms with van der Waals surface area (Å²) in [5.74, 6) is 0. The fraction of sp³-hybridized carbons (Fsp3) is 0.429. The van der Waals surface area contributed by atoms with E-state index in [2.05, 4.69) is 29.0 Å². The molecular weight excluding hydrogens is 358 g/mol. The average Bonchev–Trinajstić information content (AvgIpc) is 2.99. The second kappa shape index (κ2) is 8.76. The van der Waals surface area contributed by atoms with Crippen LogP contribution in [0.15, 0.2) is 58.3 Å². The Morgan fingerprint density at radius 3 is 2.44 bits per heavy atom. The second-order valence-electron chi connectivity index (χ2n) is 6.73. The van der Waals surface area contributed by atoms with E-state index in [1.165, 1.54) is 0 Å². The minimum atomic E-state index is -3.56. The summed E-state index contributed by atoms with van der Waals surface area (Å²) in [6.07, 6.45) is 1.09. The molecule has 2 aromatic carbocycles. The van der Waals surface area contributed by atoms with Gasteiger partial charge < -0.3 is 15.1 Å². The van der Waals surface area contributed by atoms with Gasteiger partial charge in [0.15, 0.2) is 0 Å². The Morgan fingerprint density at radius 2 is 1.74 bits per heavy atom. The van der Waals surface area contributed by atoms with Gasteiger partial charge in [0.25, 0.3) is 0 Å². The number of rotatable bonds is 6. The summed E-state index contributed by atoms with van der Waals surface area (Å²) in [5, 5.41) is 3.42. The number of sulfone groups is 1. The van der Waals surface area contributed by atoms with Crippen LogP contribution in [0.1, 0.15) is 20.3 Å². The summed E-state index contributed by atoms with van der Waals surface area (Å²) in [5.41, 5.74) is 1.88. The highest BCUT2D eigenvalue weighted by Gasteiger charge is 2.24. The third-order valence-electron chi connectivity index (χ3n) is 5.09. The molecule has 0 spiro atoms. The minimum absolute atomic E-state index is 0.338. The van der Waals surface area contributed by atoms with E-state index >= 15 is 0 Å². The molecule has 0 aliphatic carbocycles. The lowest BCUT2D eigenvalue weighted by Gasteiger charge is -2.28. The van der Waals surface area contributed by atoms with E-state index in [9.17, 15) is 8.42 Å². The Kier molecular flexibility index (Phi) is 6.39. The normalized spacial score (nSPS) is 15.4. The van der Waals surface area contributed by atoms with Crippen molar-refractivity contribution in [1.82, 2.24) is 5.32 Å². The van der Waals surface area contributed by atoms with Gasteiger partial charge in [-0.15, -0.1) is 0 Å². The largest absolute Gasteiger partial charge is 0.371 e. The zero-order valence-electron chi connectivity index (χ0n) is 16.2. The molecule has 1 N–H and O–H groups in total. The summed E-state index contributed by atoms with van der Waals surface area (Å²) < 4.78 is 26.6. The standard InChI is InChI=1S/C21H29N3O2S/c1-3-23(4-2)20-17-18(24-15-8-13-22-14-16-24)11-12-21(20)27(25,26)19-9-6-5-7-10-19/h5-7,9-12,17,22H,3-4,8,13-16H2,1-2H3. The van der Waals surface area contributed by atoms with Crippen molar-refractivity contribution in [2.75, 3.05) is 49.1 Å². The Hall–Kier alpha value is -2.05. The van der Waals surface area contributed by atoms with Gasteiger partial charge in [-0.1, -0.05) is 18.2 Å². The zero-order chi connectivity index (χ0) is 19.3. The number of hydrogen-bond acceptors (Lipinski definition) is 5. The predicted octanol–water partition coefficient (Wildman–Crippen LogP) is 3.17. The van der Waals surface area contributed by atoms with Crippen LogP contribution >= 0.6 is 0 Å². The number of benzene rings is 2. The third-order valence-corrected chi connectivity index (χ3v) is 6.91. The number of anilines is 2. The molecule has 3 rings (SSSR count). The zero-order valence-corrected chi connectivity index (χ0v) is 17.0. The molecular formula is C21H29N3O2S. The van der Waals surface area contributed by atoms with Crippen molar-refractivity contribution >= 4 is 21.2 Å². The molecule has 1 saturated heterocycles. The minimum Gasteiger partial charge on any atom is -0.371 e. The first kappa shape index (κ1) is 19.7. The van der Waals surface area contributed by atoms with Gasteiger partial charge in [-0.3, -0.25) is 0 Å². The van der Waals surface area contributed by atoms with E-state index in [4.69, 9.17) is 0 Å². The van der Waals surface area contributed by atoms with Crippen LogP contribution in [0.2, 0.25) is 0 Å². The molecule has 2 aromatic rings. The van der Waals surface area contributed by atoms with Crippen molar-refractivity contribution in [2.45, 2.75) is 30.1 Å². The summed E-state index contributed by atoms with van der Waals surface area (Å²) in [6.45, 7) is 9.54. The van der Waals surface area contributed by atoms with Crippen LogP contribution < -0.4 is 15.1 Å². The highest BCUT2D eigenvalue weighted by atomic mass is 32.2. The van der Waals surface area contributed by atoms with Crippen molar-refractivity contribution in [3.05, 3.63) is 48.5 Å². The smallest absolute Gasteiger partial charge is 0.208 e. The van der Waals surface area contributed by atoms with Crippen LogP contribution in [0.3, 0.4) is 0 Å². The monoisotopic (exact) mass is 387 g/mol. The Bertz CT molecular complexity index is 841. The lowest BCUT2D eigenvalue weighted by Crippen LogP contribution is -2.29. The molecule has 1 aliphatic rings. The number of hydrogen-bond donors (Lipinski definition) is 1. The lowest BCUT2D eigenvalue weighted by atomic mass is 10.2. The maximum Gasteiger partial charge on any atom is 0.208 e. The topological polar surface area (TPSA) is 52.6 Å². The van der Waals surface area contributed by atoms with Crippen molar-refractivity contribution in [1.29, 1.82) is 0 Å². The molecule has 6 heteroatoms. The van der Waals surface area contributed by atoms with Gasteiger partial charge in [-0.25, -0.2) is 8.42 Å². The highest BCUT2D eigenvalue weighted by Crippen LogP contribution is 2.34. The fourth-order valence-corrected chi connectivity index (χ4v) is 5.05. The summed E-state index contributed by atoms with van der Waals surface area (Å²) >= 11 is 0. The van der Waals surface area contributed by atoms with E-state index in [0.717, 1.165) is 57.1 Å². The molecule has 0 bridgehead atoms. The molecule has 0 saturated carbocycles. The van der Waals surface area contributed by atoms with Gasteiger partial charge in [-0.2, -0.15) is 0 Å². The molecule has 27 heavy (non-hydrogen) atoms. The van der Waals surface area contributed by atoms with Crippen LogP contribution in [-0.2, 0) is 9.84 Å². The number of nitrogens with one attached hydrogen (secondary N) is 1. The first-order valence-electron chi connectivity index (χ1n) is 9.72. The van der Waals surface area contributed by atoms with Gasteiger partial charge >= 0.3 is 0 Å². The molecule has 0 aromatic heterocycles. The summed E-state index contributed by atoms with van der Waals surface area (Å²) in [4.78, 5) is 5.18. The molecule has 1 heterocycles. The fourth-order valence-electron chi connectivity index (χ4n) is 3.57. The maximum absolute atomic E-state index is 13.3. The second-order valence-corrected chi connectivity index (χ2v) is 8.65. The quantitative estimate of drug-likeness (QED) is 0.825. The predicted molar refractivity (Wildman–Crippen MR) is 112 cm³/mol. The summed E-state index contributed by atoms with van der Waals surface area (Å²) in [7, 11) is -3.56. The molecule has 0 amide bonds. The van der Waals surface area contributed by atoms with Crippen LogP contribution in [0, 0.1) is 0 Å². The van der Waals surface area contributed by atoms with Gasteiger partial charge in [0, 0.05) is 38.4 Å². The van der Waals surface area contributed by atoms with Crippen LogP contribution in [0.5, 0.6) is 0 Å². The number of nitrogens with zero attached hydrogens (tertiary/aromatic N) is 2. The average molecular weight is 388 g/mol. The van der Waals surface area contributed by atoms with E-state index in [1.807, 2.05) is 18.2 Å². The van der Waals surface area contributed by atoms with Gasteiger partial charge in [0.1, 0.15) is 0 Å². The SMILES string of the molecule is CCN(CC)c1cc(N2CCCNCC2)ccc1S(=O)(=O)c1ccccc1. The molecule has 5 nitrogen and oxygen atoms in total. The molecule has 1 aliphatic heterocycles. The Morgan fingerprint density at radius 1 is 1.00 bits per heavy atom. The highest BCUT2D eigenvalue weighted by molar-refractivity contribution is 7.91. The molecule has 0 atom stereocenters. The first-order valence-corrected chi connectivity index (χ1v) is 11.2. The Labute approximate surface area is 162 Å².